The summed E-state index contributed by atoms with van der Waals surface area (Å²) in [6, 6.07) is 9.85. The predicted octanol–water partition coefficient (Wildman–Crippen LogP) is 3.42. The summed E-state index contributed by atoms with van der Waals surface area (Å²) < 4.78 is 0. The summed E-state index contributed by atoms with van der Waals surface area (Å²) in [6.07, 6.45) is 4.03. The summed E-state index contributed by atoms with van der Waals surface area (Å²) in [5.74, 6) is 0.565. The quantitative estimate of drug-likeness (QED) is 0.832. The zero-order valence-electron chi connectivity index (χ0n) is 14.6. The van der Waals surface area contributed by atoms with E-state index in [1.807, 2.05) is 36.5 Å². The third kappa shape index (κ3) is 5.54. The van der Waals surface area contributed by atoms with Crippen LogP contribution >= 0.6 is 11.3 Å². The Labute approximate surface area is 153 Å². The van der Waals surface area contributed by atoms with Gasteiger partial charge in [0, 0.05) is 24.2 Å². The Balaban J connectivity index is 1.34. The van der Waals surface area contributed by atoms with Crippen molar-refractivity contribution in [2.24, 2.45) is 5.92 Å². The van der Waals surface area contributed by atoms with Crippen LogP contribution in [0.5, 0.6) is 0 Å². The van der Waals surface area contributed by atoms with Crippen LogP contribution in [0.25, 0.3) is 0 Å². The highest BCUT2D eigenvalue weighted by Gasteiger charge is 2.20. The van der Waals surface area contributed by atoms with Gasteiger partial charge in [-0.05, 0) is 62.4 Å². The summed E-state index contributed by atoms with van der Waals surface area (Å²) in [5, 5.41) is 8.11. The molecule has 1 fully saturated rings. The minimum absolute atomic E-state index is 0.0890. The van der Waals surface area contributed by atoms with Crippen molar-refractivity contribution < 1.29 is 4.79 Å². The predicted molar refractivity (Wildman–Crippen MR) is 102 cm³/mol. The fraction of sp³-hybridized carbons (Fsp3) is 0.474. The molecule has 5 nitrogen and oxygen atoms in total. The molecule has 3 heterocycles. The highest BCUT2D eigenvalue weighted by Crippen LogP contribution is 2.20. The standard InChI is InChI=1S/C19H26N4OS/c1-15(18-6-2-3-9-20-18)22-19(24)21-13-16-7-10-23(11-8-16)14-17-5-4-12-25-17/h2-6,9,12,15-16H,7-8,10-11,13-14H2,1H3,(H2,21,22,24). The SMILES string of the molecule is CC(NC(=O)NCC1CCN(Cc2cccs2)CC1)c1ccccn1. The van der Waals surface area contributed by atoms with Crippen molar-refractivity contribution in [3.8, 4) is 0 Å². The third-order valence-electron chi connectivity index (χ3n) is 4.70. The number of pyridine rings is 1. The number of urea groups is 1. The Kier molecular flexibility index (Phi) is 6.42. The molecule has 2 N–H and O–H groups in total. The Morgan fingerprint density at radius 2 is 2.16 bits per heavy atom. The first kappa shape index (κ1) is 17.9. The van der Waals surface area contributed by atoms with Crippen molar-refractivity contribution in [3.63, 3.8) is 0 Å². The first-order valence-corrected chi connectivity index (χ1v) is 9.78. The molecule has 0 radical (unpaired) electrons. The number of amides is 2. The fourth-order valence-corrected chi connectivity index (χ4v) is 3.91. The molecule has 2 amide bonds. The number of rotatable bonds is 6. The maximum Gasteiger partial charge on any atom is 0.315 e. The van der Waals surface area contributed by atoms with E-state index in [4.69, 9.17) is 0 Å². The molecular formula is C19H26N4OS. The van der Waals surface area contributed by atoms with Crippen molar-refractivity contribution in [1.82, 2.24) is 20.5 Å². The van der Waals surface area contributed by atoms with Gasteiger partial charge in [0.1, 0.15) is 0 Å². The van der Waals surface area contributed by atoms with Crippen LogP contribution in [-0.2, 0) is 6.54 Å². The van der Waals surface area contributed by atoms with Crippen LogP contribution in [0.2, 0.25) is 0 Å². The van der Waals surface area contributed by atoms with Crippen LogP contribution in [0.3, 0.4) is 0 Å². The minimum Gasteiger partial charge on any atom is -0.338 e. The second kappa shape index (κ2) is 8.97. The average molecular weight is 359 g/mol. The molecule has 1 unspecified atom stereocenters. The lowest BCUT2D eigenvalue weighted by Gasteiger charge is -2.31. The van der Waals surface area contributed by atoms with Crippen molar-refractivity contribution >= 4 is 17.4 Å². The second-order valence-electron chi connectivity index (χ2n) is 6.63. The molecule has 134 valence electrons. The van der Waals surface area contributed by atoms with E-state index in [9.17, 15) is 4.79 Å². The molecular weight excluding hydrogens is 332 g/mol. The Hall–Kier alpha value is -1.92. The van der Waals surface area contributed by atoms with Crippen molar-refractivity contribution in [1.29, 1.82) is 0 Å². The summed E-state index contributed by atoms with van der Waals surface area (Å²) in [5.41, 5.74) is 0.875. The lowest BCUT2D eigenvalue weighted by Crippen LogP contribution is -2.42. The second-order valence-corrected chi connectivity index (χ2v) is 7.66. The lowest BCUT2D eigenvalue weighted by molar-refractivity contribution is 0.176. The number of aromatic nitrogens is 1. The van der Waals surface area contributed by atoms with E-state index in [1.54, 1.807) is 6.20 Å². The molecule has 1 aliphatic rings. The largest absolute Gasteiger partial charge is 0.338 e. The number of nitrogens with zero attached hydrogens (tertiary/aromatic N) is 2. The van der Waals surface area contributed by atoms with Crippen molar-refractivity contribution in [2.75, 3.05) is 19.6 Å². The normalized spacial score (nSPS) is 17.2. The lowest BCUT2D eigenvalue weighted by atomic mass is 9.97. The van der Waals surface area contributed by atoms with Gasteiger partial charge in [-0.15, -0.1) is 11.3 Å². The van der Waals surface area contributed by atoms with Gasteiger partial charge in [0.15, 0.2) is 0 Å². The molecule has 3 rings (SSSR count). The Bertz CT molecular complexity index is 639. The molecule has 1 aliphatic heterocycles. The van der Waals surface area contributed by atoms with Crippen LogP contribution < -0.4 is 10.6 Å². The molecule has 0 aliphatic carbocycles. The smallest absolute Gasteiger partial charge is 0.315 e. The average Bonchev–Trinajstić information content (AvgIpc) is 3.15. The highest BCUT2D eigenvalue weighted by molar-refractivity contribution is 7.09. The van der Waals surface area contributed by atoms with E-state index in [2.05, 4.69) is 38.0 Å². The monoisotopic (exact) mass is 358 g/mol. The van der Waals surface area contributed by atoms with Gasteiger partial charge in [-0.3, -0.25) is 9.88 Å². The summed E-state index contributed by atoms with van der Waals surface area (Å²) in [4.78, 5) is 20.3. The third-order valence-corrected chi connectivity index (χ3v) is 5.56. The van der Waals surface area contributed by atoms with E-state index >= 15 is 0 Å². The van der Waals surface area contributed by atoms with Gasteiger partial charge in [-0.25, -0.2) is 4.79 Å². The highest BCUT2D eigenvalue weighted by atomic mass is 32.1. The number of likely N-dealkylation sites (tertiary alicyclic amines) is 1. The number of piperidine rings is 1. The zero-order valence-corrected chi connectivity index (χ0v) is 15.5. The molecule has 2 aromatic heterocycles. The molecule has 1 atom stereocenters. The van der Waals surface area contributed by atoms with Crippen LogP contribution in [0.4, 0.5) is 4.79 Å². The topological polar surface area (TPSA) is 57.3 Å². The van der Waals surface area contributed by atoms with E-state index in [1.165, 1.54) is 4.88 Å². The molecule has 2 aromatic rings. The van der Waals surface area contributed by atoms with Crippen molar-refractivity contribution in [3.05, 3.63) is 52.5 Å². The van der Waals surface area contributed by atoms with Gasteiger partial charge in [0.05, 0.1) is 11.7 Å². The van der Waals surface area contributed by atoms with E-state index < -0.39 is 0 Å². The Morgan fingerprint density at radius 1 is 1.32 bits per heavy atom. The summed E-state index contributed by atoms with van der Waals surface area (Å²) >= 11 is 1.82. The summed E-state index contributed by atoms with van der Waals surface area (Å²) in [7, 11) is 0. The number of carbonyl (C=O) groups excluding carboxylic acids is 1. The van der Waals surface area contributed by atoms with Crippen LogP contribution in [-0.4, -0.2) is 35.5 Å². The minimum atomic E-state index is -0.112. The molecule has 0 aromatic carbocycles. The number of carbonyl (C=O) groups is 1. The first-order chi connectivity index (χ1) is 12.2. The number of nitrogens with one attached hydrogen (secondary N) is 2. The van der Waals surface area contributed by atoms with Gasteiger partial charge >= 0.3 is 6.03 Å². The molecule has 25 heavy (non-hydrogen) atoms. The van der Waals surface area contributed by atoms with Crippen LogP contribution in [0, 0.1) is 5.92 Å². The summed E-state index contributed by atoms with van der Waals surface area (Å²) in [6.45, 7) is 5.96. The molecule has 0 bridgehead atoms. The number of hydrogen-bond acceptors (Lipinski definition) is 4. The molecule has 0 spiro atoms. The first-order valence-electron chi connectivity index (χ1n) is 8.91. The van der Waals surface area contributed by atoms with E-state index in [-0.39, 0.29) is 12.1 Å². The number of hydrogen-bond donors (Lipinski definition) is 2. The molecule has 6 heteroatoms. The van der Waals surface area contributed by atoms with Gasteiger partial charge in [-0.1, -0.05) is 12.1 Å². The van der Waals surface area contributed by atoms with Crippen molar-refractivity contribution in [2.45, 2.75) is 32.4 Å². The van der Waals surface area contributed by atoms with E-state index in [0.29, 0.717) is 5.92 Å². The molecule has 0 saturated carbocycles. The Morgan fingerprint density at radius 3 is 2.84 bits per heavy atom. The zero-order chi connectivity index (χ0) is 17.5. The van der Waals surface area contributed by atoms with E-state index in [0.717, 1.165) is 44.7 Å². The number of thiophene rings is 1. The fourth-order valence-electron chi connectivity index (χ4n) is 3.16. The van der Waals surface area contributed by atoms with Gasteiger partial charge < -0.3 is 10.6 Å². The van der Waals surface area contributed by atoms with Gasteiger partial charge in [-0.2, -0.15) is 0 Å². The van der Waals surface area contributed by atoms with Crippen LogP contribution in [0.1, 0.15) is 36.4 Å². The van der Waals surface area contributed by atoms with Crippen LogP contribution in [0.15, 0.2) is 41.9 Å². The van der Waals surface area contributed by atoms with Gasteiger partial charge in [0.2, 0.25) is 0 Å². The van der Waals surface area contributed by atoms with Gasteiger partial charge in [0.25, 0.3) is 0 Å². The maximum absolute atomic E-state index is 12.1. The maximum atomic E-state index is 12.1. The molecule has 1 saturated heterocycles.